The second-order valence-corrected chi connectivity index (χ2v) is 6.40. The minimum Gasteiger partial charge on any atom is -0.357 e. The fourth-order valence-electron chi connectivity index (χ4n) is 2.79. The summed E-state index contributed by atoms with van der Waals surface area (Å²) in [6.45, 7) is 3.99. The average Bonchev–Trinajstić information content (AvgIpc) is 3.06. The highest BCUT2D eigenvalue weighted by Crippen LogP contribution is 2.27. The Bertz CT molecular complexity index is 1090. The quantitative estimate of drug-likeness (QED) is 0.598. The van der Waals surface area contributed by atoms with E-state index >= 15 is 0 Å². The van der Waals surface area contributed by atoms with Crippen molar-refractivity contribution in [2.75, 3.05) is 5.32 Å². The fourth-order valence-corrected chi connectivity index (χ4v) is 2.79. The number of fused-ring (bicyclic) bond motifs is 2. The number of nitrogens with one attached hydrogen (secondary N) is 2. The summed E-state index contributed by atoms with van der Waals surface area (Å²) in [6, 6.07) is 15.6. The third-order valence-electron chi connectivity index (χ3n) is 4.12. The van der Waals surface area contributed by atoms with Gasteiger partial charge in [0, 0.05) is 11.6 Å². The molecule has 0 aliphatic heterocycles. The summed E-state index contributed by atoms with van der Waals surface area (Å²) in [6.07, 6.45) is 1.69. The molecule has 0 saturated heterocycles. The lowest BCUT2D eigenvalue weighted by Crippen LogP contribution is -2.30. The van der Waals surface area contributed by atoms with Crippen molar-refractivity contribution in [3.05, 3.63) is 60.0 Å². The van der Waals surface area contributed by atoms with E-state index in [1.165, 1.54) is 0 Å². The maximum Gasteiger partial charge on any atom is 0.161 e. The predicted molar refractivity (Wildman–Crippen MR) is 97.0 cm³/mol. The number of benzene rings is 1. The number of nitriles is 1. The van der Waals surface area contributed by atoms with Gasteiger partial charge in [-0.15, -0.1) is 0 Å². The topological polar surface area (TPSA) is 90.3 Å². The molecule has 6 nitrogen and oxygen atoms in total. The average molecular weight is 328 g/mol. The van der Waals surface area contributed by atoms with Gasteiger partial charge in [-0.3, -0.25) is 0 Å². The highest BCUT2D eigenvalue weighted by Gasteiger charge is 2.26. The Morgan fingerprint density at radius 3 is 2.76 bits per heavy atom. The monoisotopic (exact) mass is 328 g/mol. The Balaban J connectivity index is 1.77. The largest absolute Gasteiger partial charge is 0.357 e. The number of H-pyrrole nitrogens is 1. The summed E-state index contributed by atoms with van der Waals surface area (Å²) in [7, 11) is 0. The molecular formula is C19H16N6. The molecule has 1 aromatic carbocycles. The number of hydrogen-bond donors (Lipinski definition) is 2. The zero-order chi connectivity index (χ0) is 17.4. The first-order chi connectivity index (χ1) is 12.1. The number of imidazole rings is 1. The molecule has 3 aromatic heterocycles. The van der Waals surface area contributed by atoms with E-state index in [1.54, 1.807) is 12.3 Å². The molecule has 4 aromatic rings. The van der Waals surface area contributed by atoms with Crippen LogP contribution < -0.4 is 5.32 Å². The summed E-state index contributed by atoms with van der Waals surface area (Å²) in [5.41, 5.74) is 2.41. The Hall–Kier alpha value is -3.46. The number of aromatic amines is 1. The molecule has 0 bridgehead atoms. The number of anilines is 1. The Kier molecular flexibility index (Phi) is 3.36. The van der Waals surface area contributed by atoms with Gasteiger partial charge in [-0.05, 0) is 44.2 Å². The first kappa shape index (κ1) is 15.1. The first-order valence-corrected chi connectivity index (χ1v) is 7.96. The molecule has 2 N–H and O–H groups in total. The van der Waals surface area contributed by atoms with E-state index in [1.807, 2.05) is 50.2 Å². The number of para-hydroxylation sites is 2. The minimum atomic E-state index is -0.542. The second-order valence-electron chi connectivity index (χ2n) is 6.40. The van der Waals surface area contributed by atoms with Crippen molar-refractivity contribution in [1.82, 2.24) is 19.9 Å². The summed E-state index contributed by atoms with van der Waals surface area (Å²) in [5.74, 6) is 1.28. The van der Waals surface area contributed by atoms with Gasteiger partial charge in [0.25, 0.3) is 0 Å². The van der Waals surface area contributed by atoms with E-state index in [9.17, 15) is 5.26 Å². The lowest BCUT2D eigenvalue weighted by molar-refractivity contribution is 0.570. The number of pyridine rings is 2. The number of aromatic nitrogens is 4. The van der Waals surface area contributed by atoms with E-state index in [0.29, 0.717) is 17.0 Å². The van der Waals surface area contributed by atoms with Crippen LogP contribution in [0.1, 0.15) is 25.2 Å². The molecule has 0 aliphatic rings. The van der Waals surface area contributed by atoms with Gasteiger partial charge in [0.15, 0.2) is 5.65 Å². The number of nitrogens with zero attached hydrogens (tertiary/aromatic N) is 4. The highest BCUT2D eigenvalue weighted by atomic mass is 15.1. The van der Waals surface area contributed by atoms with Crippen molar-refractivity contribution in [2.24, 2.45) is 0 Å². The van der Waals surface area contributed by atoms with Crippen LogP contribution >= 0.6 is 0 Å². The van der Waals surface area contributed by atoms with Crippen LogP contribution in [0.3, 0.4) is 0 Å². The molecule has 0 fully saturated rings. The van der Waals surface area contributed by atoms with Gasteiger partial charge >= 0.3 is 0 Å². The Morgan fingerprint density at radius 2 is 1.96 bits per heavy atom. The summed E-state index contributed by atoms with van der Waals surface area (Å²) in [4.78, 5) is 16.8. The van der Waals surface area contributed by atoms with Crippen LogP contribution in [-0.2, 0) is 5.54 Å². The highest BCUT2D eigenvalue weighted by molar-refractivity contribution is 5.80. The Labute approximate surface area is 144 Å². The zero-order valence-electron chi connectivity index (χ0n) is 13.9. The van der Waals surface area contributed by atoms with Gasteiger partial charge in [-0.1, -0.05) is 12.1 Å². The van der Waals surface area contributed by atoms with Gasteiger partial charge in [-0.25, -0.2) is 15.0 Å². The molecule has 3 heterocycles. The van der Waals surface area contributed by atoms with Crippen molar-refractivity contribution in [1.29, 1.82) is 5.26 Å². The molecule has 122 valence electrons. The molecule has 0 amide bonds. The summed E-state index contributed by atoms with van der Waals surface area (Å²) >= 11 is 0. The maximum atomic E-state index is 9.49. The van der Waals surface area contributed by atoms with Crippen LogP contribution in [0, 0.1) is 11.3 Å². The molecule has 0 spiro atoms. The van der Waals surface area contributed by atoms with Gasteiger partial charge in [0.2, 0.25) is 0 Å². The van der Waals surface area contributed by atoms with Crippen molar-refractivity contribution in [2.45, 2.75) is 19.4 Å². The minimum absolute atomic E-state index is 0.477. The first-order valence-electron chi connectivity index (χ1n) is 7.96. The number of rotatable bonds is 3. The third kappa shape index (κ3) is 2.66. The maximum absolute atomic E-state index is 9.49. The molecule has 0 radical (unpaired) electrons. The Morgan fingerprint density at radius 1 is 1.12 bits per heavy atom. The van der Waals surface area contributed by atoms with Crippen LogP contribution in [0.5, 0.6) is 0 Å². The standard InChI is InChI=1S/C19H16N6/c1-19(2,18-22-14-7-3-4-8-15(14)23-18)25-17-13(11-20)10-12-6-5-9-21-16(12)24-17/h3-10H,1-2H3,(H,22,23)(H,21,24,25). The van der Waals surface area contributed by atoms with E-state index in [4.69, 9.17) is 0 Å². The van der Waals surface area contributed by atoms with Crippen molar-refractivity contribution < 1.29 is 0 Å². The van der Waals surface area contributed by atoms with Crippen LogP contribution in [-0.4, -0.2) is 19.9 Å². The van der Waals surface area contributed by atoms with Gasteiger partial charge < -0.3 is 10.3 Å². The molecule has 4 rings (SSSR count). The van der Waals surface area contributed by atoms with E-state index in [0.717, 1.165) is 22.2 Å². The van der Waals surface area contributed by atoms with Crippen molar-refractivity contribution in [3.63, 3.8) is 0 Å². The zero-order valence-corrected chi connectivity index (χ0v) is 13.9. The molecule has 25 heavy (non-hydrogen) atoms. The molecule has 0 unspecified atom stereocenters. The lowest BCUT2D eigenvalue weighted by Gasteiger charge is -2.25. The smallest absolute Gasteiger partial charge is 0.161 e. The van der Waals surface area contributed by atoms with Gasteiger partial charge in [0.05, 0.1) is 22.1 Å². The molecule has 0 aliphatic carbocycles. The summed E-state index contributed by atoms with van der Waals surface area (Å²) < 4.78 is 0. The van der Waals surface area contributed by atoms with Crippen LogP contribution in [0.2, 0.25) is 0 Å². The van der Waals surface area contributed by atoms with Gasteiger partial charge in [-0.2, -0.15) is 5.26 Å². The van der Waals surface area contributed by atoms with Crippen molar-refractivity contribution >= 4 is 27.9 Å². The summed E-state index contributed by atoms with van der Waals surface area (Å²) in [5, 5.41) is 13.7. The van der Waals surface area contributed by atoms with Crippen LogP contribution in [0.15, 0.2) is 48.7 Å². The normalized spacial score (nSPS) is 11.6. The molecule has 6 heteroatoms. The fraction of sp³-hybridized carbons (Fsp3) is 0.158. The predicted octanol–water partition coefficient (Wildman–Crippen LogP) is 3.72. The second kappa shape index (κ2) is 5.56. The lowest BCUT2D eigenvalue weighted by atomic mass is 10.0. The van der Waals surface area contributed by atoms with Crippen LogP contribution in [0.4, 0.5) is 5.82 Å². The van der Waals surface area contributed by atoms with E-state index in [-0.39, 0.29) is 0 Å². The molecule has 0 saturated carbocycles. The number of hydrogen-bond acceptors (Lipinski definition) is 5. The SMILES string of the molecule is CC(C)(Nc1nc2ncccc2cc1C#N)c1nc2ccccc2[nH]1. The molecular weight excluding hydrogens is 312 g/mol. The molecule has 0 atom stereocenters. The third-order valence-corrected chi connectivity index (χ3v) is 4.12. The van der Waals surface area contributed by atoms with Gasteiger partial charge in [0.1, 0.15) is 17.7 Å². The van der Waals surface area contributed by atoms with E-state index < -0.39 is 5.54 Å². The van der Waals surface area contributed by atoms with Crippen LogP contribution in [0.25, 0.3) is 22.1 Å². The van der Waals surface area contributed by atoms with Crippen molar-refractivity contribution in [3.8, 4) is 6.07 Å². The van der Waals surface area contributed by atoms with E-state index in [2.05, 4.69) is 31.3 Å².